The first-order valence-corrected chi connectivity index (χ1v) is 10.7. The Kier molecular flexibility index (Phi) is 6.26. The molecule has 0 heterocycles. The number of fused-ring (bicyclic) bond motifs is 1. The summed E-state index contributed by atoms with van der Waals surface area (Å²) in [5, 5.41) is 11.0. The van der Waals surface area contributed by atoms with Crippen molar-refractivity contribution in [3.63, 3.8) is 0 Å². The molecular formula is C22H38O3. The number of aliphatic hydroxyl groups is 1. The molecule has 3 nitrogen and oxygen atoms in total. The van der Waals surface area contributed by atoms with Gasteiger partial charge in [-0.05, 0) is 75.0 Å². The molecule has 144 valence electrons. The number of ketones is 1. The molecule has 3 fully saturated rings. The normalized spacial score (nSPS) is 44.7. The first kappa shape index (κ1) is 19.4. The van der Waals surface area contributed by atoms with Crippen molar-refractivity contribution in [2.45, 2.75) is 83.7 Å². The van der Waals surface area contributed by atoms with Crippen molar-refractivity contribution < 1.29 is 14.6 Å². The Balaban J connectivity index is 1.78. The van der Waals surface area contributed by atoms with E-state index in [-0.39, 0.29) is 5.92 Å². The monoisotopic (exact) mass is 350 g/mol. The zero-order valence-electron chi connectivity index (χ0n) is 16.5. The minimum absolute atomic E-state index is 0.256. The molecule has 25 heavy (non-hydrogen) atoms. The number of methoxy groups -OCH3 is 1. The van der Waals surface area contributed by atoms with Crippen LogP contribution in [-0.4, -0.2) is 30.2 Å². The molecule has 0 saturated heterocycles. The summed E-state index contributed by atoms with van der Waals surface area (Å²) in [6.07, 6.45) is 11.2. The summed E-state index contributed by atoms with van der Waals surface area (Å²) in [4.78, 5) is 11.9. The predicted octanol–water partition coefficient (Wildman–Crippen LogP) is 4.61. The molecule has 1 N–H and O–H groups in total. The van der Waals surface area contributed by atoms with E-state index in [1.807, 2.05) is 6.92 Å². The number of ether oxygens (including phenoxy) is 1. The van der Waals surface area contributed by atoms with E-state index in [1.54, 1.807) is 7.11 Å². The fourth-order valence-corrected chi connectivity index (χ4v) is 6.51. The SMILES string of the molecule is CCCC[C@H]1[C@H]([C@@H]2CCC(=O)C2)CC[C@@H]2CC(C)(O)C(COC)C[C@@H]21. The van der Waals surface area contributed by atoms with E-state index in [1.165, 1.54) is 32.1 Å². The smallest absolute Gasteiger partial charge is 0.133 e. The van der Waals surface area contributed by atoms with Crippen molar-refractivity contribution >= 4 is 5.78 Å². The second-order valence-electron chi connectivity index (χ2n) is 9.46. The first-order valence-electron chi connectivity index (χ1n) is 10.7. The molecule has 3 aliphatic rings. The van der Waals surface area contributed by atoms with Crippen LogP contribution in [0, 0.1) is 35.5 Å². The third kappa shape index (κ3) is 4.13. The molecule has 3 rings (SSSR count). The van der Waals surface area contributed by atoms with Crippen LogP contribution in [0.5, 0.6) is 0 Å². The van der Waals surface area contributed by atoms with Crippen LogP contribution >= 0.6 is 0 Å². The molecule has 0 amide bonds. The molecule has 0 spiro atoms. The van der Waals surface area contributed by atoms with Gasteiger partial charge in [-0.3, -0.25) is 4.79 Å². The Labute approximate surface area is 153 Å². The lowest BCUT2D eigenvalue weighted by molar-refractivity contribution is -0.123. The van der Waals surface area contributed by atoms with Crippen LogP contribution in [-0.2, 0) is 9.53 Å². The van der Waals surface area contributed by atoms with Gasteiger partial charge in [-0.2, -0.15) is 0 Å². The Hall–Kier alpha value is -0.410. The summed E-state index contributed by atoms with van der Waals surface area (Å²) < 4.78 is 5.45. The second kappa shape index (κ2) is 8.08. The maximum atomic E-state index is 11.9. The molecule has 0 aromatic heterocycles. The zero-order valence-corrected chi connectivity index (χ0v) is 16.5. The van der Waals surface area contributed by atoms with Crippen LogP contribution in [0.25, 0.3) is 0 Å². The highest BCUT2D eigenvalue weighted by Gasteiger charge is 2.50. The van der Waals surface area contributed by atoms with Crippen molar-refractivity contribution in [3.05, 3.63) is 0 Å². The Morgan fingerprint density at radius 3 is 2.64 bits per heavy atom. The fraction of sp³-hybridized carbons (Fsp3) is 0.955. The number of unbranched alkanes of at least 4 members (excludes halogenated alkanes) is 1. The van der Waals surface area contributed by atoms with Crippen molar-refractivity contribution in [1.82, 2.24) is 0 Å². The summed E-state index contributed by atoms with van der Waals surface area (Å²) in [5.74, 6) is 4.27. The zero-order chi connectivity index (χ0) is 18.0. The quantitative estimate of drug-likeness (QED) is 0.761. The predicted molar refractivity (Wildman–Crippen MR) is 100 cm³/mol. The maximum Gasteiger partial charge on any atom is 0.133 e. The summed E-state index contributed by atoms with van der Waals surface area (Å²) in [7, 11) is 1.75. The first-order chi connectivity index (χ1) is 12.0. The van der Waals surface area contributed by atoms with Crippen LogP contribution < -0.4 is 0 Å². The van der Waals surface area contributed by atoms with Gasteiger partial charge in [0.2, 0.25) is 0 Å². The van der Waals surface area contributed by atoms with Gasteiger partial charge in [-0.25, -0.2) is 0 Å². The van der Waals surface area contributed by atoms with Crippen LogP contribution in [0.15, 0.2) is 0 Å². The molecular weight excluding hydrogens is 312 g/mol. The van der Waals surface area contributed by atoms with Gasteiger partial charge in [0.25, 0.3) is 0 Å². The van der Waals surface area contributed by atoms with Gasteiger partial charge in [0.1, 0.15) is 5.78 Å². The standard InChI is InChI=1S/C22H38O3/c1-4-5-6-20-19(15-7-9-18(23)11-15)10-8-16-13-22(2,24)17(14-25-3)12-21(16)20/h15-17,19-21,24H,4-14H2,1-3H3/t15-,16-,17?,19+,20+,21+,22?/m1/s1. The van der Waals surface area contributed by atoms with Crippen LogP contribution in [0.1, 0.15) is 78.1 Å². The second-order valence-corrected chi connectivity index (χ2v) is 9.46. The van der Waals surface area contributed by atoms with E-state index >= 15 is 0 Å². The highest BCUT2D eigenvalue weighted by molar-refractivity contribution is 5.80. The van der Waals surface area contributed by atoms with Crippen molar-refractivity contribution in [1.29, 1.82) is 0 Å². The van der Waals surface area contributed by atoms with Gasteiger partial charge < -0.3 is 9.84 Å². The van der Waals surface area contributed by atoms with Crippen molar-refractivity contribution in [2.24, 2.45) is 35.5 Å². The van der Waals surface area contributed by atoms with Gasteiger partial charge in [-0.15, -0.1) is 0 Å². The van der Waals surface area contributed by atoms with Gasteiger partial charge in [0.05, 0.1) is 12.2 Å². The lowest BCUT2D eigenvalue weighted by Crippen LogP contribution is -2.51. The molecule has 3 aliphatic carbocycles. The lowest BCUT2D eigenvalue weighted by Gasteiger charge is -2.53. The molecule has 2 unspecified atom stereocenters. The van der Waals surface area contributed by atoms with Gasteiger partial charge >= 0.3 is 0 Å². The van der Waals surface area contributed by atoms with E-state index < -0.39 is 5.60 Å². The molecule has 0 aromatic carbocycles. The number of hydrogen-bond acceptors (Lipinski definition) is 3. The highest BCUT2D eigenvalue weighted by atomic mass is 16.5. The van der Waals surface area contributed by atoms with Crippen LogP contribution in [0.4, 0.5) is 0 Å². The van der Waals surface area contributed by atoms with Gasteiger partial charge in [0.15, 0.2) is 0 Å². The molecule has 0 aliphatic heterocycles. The highest BCUT2D eigenvalue weighted by Crippen LogP contribution is 2.55. The summed E-state index contributed by atoms with van der Waals surface area (Å²) in [6, 6.07) is 0. The molecule has 0 aromatic rings. The number of rotatable bonds is 6. The third-order valence-corrected chi connectivity index (χ3v) is 7.84. The van der Waals surface area contributed by atoms with E-state index in [4.69, 9.17) is 4.74 Å². The van der Waals surface area contributed by atoms with Crippen molar-refractivity contribution in [2.75, 3.05) is 13.7 Å². The Bertz CT molecular complexity index is 458. The van der Waals surface area contributed by atoms with E-state index in [9.17, 15) is 9.90 Å². The summed E-state index contributed by atoms with van der Waals surface area (Å²) in [5.41, 5.74) is -0.581. The lowest BCUT2D eigenvalue weighted by atomic mass is 9.53. The Morgan fingerprint density at radius 1 is 1.20 bits per heavy atom. The molecule has 0 radical (unpaired) electrons. The average Bonchev–Trinajstić information content (AvgIpc) is 2.99. The minimum Gasteiger partial charge on any atom is -0.390 e. The van der Waals surface area contributed by atoms with E-state index in [0.29, 0.717) is 24.2 Å². The number of hydrogen-bond donors (Lipinski definition) is 1. The van der Waals surface area contributed by atoms with Gasteiger partial charge in [0, 0.05) is 25.9 Å². The largest absolute Gasteiger partial charge is 0.390 e. The third-order valence-electron chi connectivity index (χ3n) is 7.84. The molecule has 0 bridgehead atoms. The summed E-state index contributed by atoms with van der Waals surface area (Å²) >= 11 is 0. The maximum absolute atomic E-state index is 11.9. The van der Waals surface area contributed by atoms with Crippen LogP contribution in [0.2, 0.25) is 0 Å². The van der Waals surface area contributed by atoms with E-state index in [2.05, 4.69) is 6.92 Å². The molecule has 7 atom stereocenters. The molecule has 3 heteroatoms. The average molecular weight is 351 g/mol. The number of carbonyl (C=O) groups excluding carboxylic acids is 1. The van der Waals surface area contributed by atoms with E-state index in [0.717, 1.165) is 49.9 Å². The minimum atomic E-state index is -0.581. The molecule has 3 saturated carbocycles. The fourth-order valence-electron chi connectivity index (χ4n) is 6.51. The van der Waals surface area contributed by atoms with Crippen molar-refractivity contribution in [3.8, 4) is 0 Å². The topological polar surface area (TPSA) is 46.5 Å². The number of carbonyl (C=O) groups is 1. The number of Topliss-reactive ketones (excluding diaryl/α,β-unsaturated/α-hetero) is 1. The Morgan fingerprint density at radius 2 is 2.00 bits per heavy atom. The summed E-state index contributed by atoms with van der Waals surface area (Å²) in [6.45, 7) is 4.98. The van der Waals surface area contributed by atoms with Gasteiger partial charge in [-0.1, -0.05) is 19.8 Å². The van der Waals surface area contributed by atoms with Crippen LogP contribution in [0.3, 0.4) is 0 Å².